The summed E-state index contributed by atoms with van der Waals surface area (Å²) in [6.45, 7) is 8.57. The average molecular weight is 348 g/mol. The van der Waals surface area contributed by atoms with Crippen LogP contribution >= 0.6 is 0 Å². The molecular weight excluding hydrogens is 324 g/mol. The van der Waals surface area contributed by atoms with Crippen LogP contribution in [-0.4, -0.2) is 21.3 Å². The fourth-order valence-corrected chi connectivity index (χ4v) is 3.05. The lowest BCUT2D eigenvalue weighted by Gasteiger charge is -2.09. The number of rotatable bonds is 5. The van der Waals surface area contributed by atoms with E-state index in [-0.39, 0.29) is 5.69 Å². The number of aromatic carboxylic acids is 1. The normalized spacial score (nSPS) is 11.3. The van der Waals surface area contributed by atoms with E-state index in [1.807, 2.05) is 36.4 Å². The molecule has 0 unspecified atom stereocenters. The van der Waals surface area contributed by atoms with Crippen LogP contribution in [0.1, 0.15) is 61.1 Å². The largest absolute Gasteiger partial charge is 0.477 e. The van der Waals surface area contributed by atoms with Crippen molar-refractivity contribution in [3.8, 4) is 22.4 Å². The minimum atomic E-state index is -1.01. The molecule has 0 aliphatic heterocycles. The smallest absolute Gasteiger partial charge is 0.354 e. The third-order valence-corrected chi connectivity index (χ3v) is 4.70. The number of hydrogen-bond donors (Lipinski definition) is 2. The summed E-state index contributed by atoms with van der Waals surface area (Å²) in [5.41, 5.74) is 5.62. The van der Waals surface area contributed by atoms with Gasteiger partial charge in [-0.3, -0.25) is 5.10 Å². The number of nitrogens with zero attached hydrogens (tertiary/aromatic N) is 1. The van der Waals surface area contributed by atoms with Crippen molar-refractivity contribution < 1.29 is 9.90 Å². The molecule has 0 spiro atoms. The maximum Gasteiger partial charge on any atom is 0.354 e. The maximum atomic E-state index is 11.7. The number of aromatic nitrogens is 2. The highest BCUT2D eigenvalue weighted by Gasteiger charge is 2.21. The van der Waals surface area contributed by atoms with Crippen LogP contribution in [0.3, 0.4) is 0 Å². The predicted molar refractivity (Wildman–Crippen MR) is 105 cm³/mol. The van der Waals surface area contributed by atoms with Gasteiger partial charge in [-0.05, 0) is 28.5 Å². The maximum absolute atomic E-state index is 11.7. The van der Waals surface area contributed by atoms with Crippen molar-refractivity contribution in [2.24, 2.45) is 0 Å². The molecule has 1 aromatic heterocycles. The van der Waals surface area contributed by atoms with E-state index in [9.17, 15) is 9.90 Å². The quantitative estimate of drug-likeness (QED) is 0.622. The Balaban J connectivity index is 2.11. The molecule has 0 fully saturated rings. The minimum Gasteiger partial charge on any atom is -0.477 e. The van der Waals surface area contributed by atoms with Crippen LogP contribution in [0.4, 0.5) is 0 Å². The monoisotopic (exact) mass is 348 g/mol. The summed E-state index contributed by atoms with van der Waals surface area (Å²) < 4.78 is 0. The van der Waals surface area contributed by atoms with E-state index in [2.05, 4.69) is 50.0 Å². The third-order valence-electron chi connectivity index (χ3n) is 4.70. The molecule has 0 aliphatic carbocycles. The van der Waals surface area contributed by atoms with Crippen molar-refractivity contribution in [1.82, 2.24) is 10.2 Å². The number of benzene rings is 2. The van der Waals surface area contributed by atoms with Gasteiger partial charge < -0.3 is 5.11 Å². The van der Waals surface area contributed by atoms with Gasteiger partial charge in [-0.25, -0.2) is 4.79 Å². The second-order valence-corrected chi connectivity index (χ2v) is 7.18. The molecule has 1 heterocycles. The van der Waals surface area contributed by atoms with Gasteiger partial charge in [-0.2, -0.15) is 5.10 Å². The number of H-pyrrole nitrogens is 1. The van der Waals surface area contributed by atoms with Gasteiger partial charge in [0, 0.05) is 11.1 Å². The zero-order valence-corrected chi connectivity index (χ0v) is 15.6. The van der Waals surface area contributed by atoms with Crippen molar-refractivity contribution in [3.05, 3.63) is 65.4 Å². The molecule has 0 atom stereocenters. The first-order valence-electron chi connectivity index (χ1n) is 8.90. The van der Waals surface area contributed by atoms with Crippen LogP contribution < -0.4 is 0 Å². The van der Waals surface area contributed by atoms with Gasteiger partial charge >= 0.3 is 5.97 Å². The summed E-state index contributed by atoms with van der Waals surface area (Å²) in [4.78, 5) is 11.7. The molecule has 26 heavy (non-hydrogen) atoms. The van der Waals surface area contributed by atoms with Crippen LogP contribution in [0.15, 0.2) is 48.5 Å². The van der Waals surface area contributed by atoms with Gasteiger partial charge in [-0.15, -0.1) is 0 Å². The Morgan fingerprint density at radius 3 is 1.73 bits per heavy atom. The average Bonchev–Trinajstić information content (AvgIpc) is 3.07. The van der Waals surface area contributed by atoms with Crippen molar-refractivity contribution in [2.75, 3.05) is 0 Å². The lowest BCUT2D eigenvalue weighted by Crippen LogP contribution is -1.99. The van der Waals surface area contributed by atoms with Crippen LogP contribution in [0.25, 0.3) is 22.4 Å². The van der Waals surface area contributed by atoms with Crippen molar-refractivity contribution in [2.45, 2.75) is 39.5 Å². The summed E-state index contributed by atoms with van der Waals surface area (Å²) in [7, 11) is 0. The van der Waals surface area contributed by atoms with Gasteiger partial charge in [0.25, 0.3) is 0 Å². The highest BCUT2D eigenvalue weighted by atomic mass is 16.4. The molecule has 4 nitrogen and oxygen atoms in total. The number of carbonyl (C=O) groups is 1. The molecule has 0 aliphatic rings. The van der Waals surface area contributed by atoms with E-state index >= 15 is 0 Å². The van der Waals surface area contributed by atoms with Crippen LogP contribution in [0.5, 0.6) is 0 Å². The Morgan fingerprint density at radius 2 is 1.31 bits per heavy atom. The highest BCUT2D eigenvalue weighted by Crippen LogP contribution is 2.34. The van der Waals surface area contributed by atoms with Crippen LogP contribution in [0.2, 0.25) is 0 Å². The zero-order chi connectivity index (χ0) is 18.8. The first-order chi connectivity index (χ1) is 12.4. The Labute approximate surface area is 153 Å². The number of nitrogens with one attached hydrogen (secondary N) is 1. The van der Waals surface area contributed by atoms with E-state index in [0.717, 1.165) is 11.1 Å². The molecule has 0 radical (unpaired) electrons. The van der Waals surface area contributed by atoms with Gasteiger partial charge in [-0.1, -0.05) is 76.2 Å². The zero-order valence-electron chi connectivity index (χ0n) is 15.6. The summed E-state index contributed by atoms with van der Waals surface area (Å²) in [5.74, 6) is -0.137. The Morgan fingerprint density at radius 1 is 0.846 bits per heavy atom. The topological polar surface area (TPSA) is 66.0 Å². The van der Waals surface area contributed by atoms with Crippen molar-refractivity contribution in [3.63, 3.8) is 0 Å². The predicted octanol–water partition coefficient (Wildman–Crippen LogP) is 5.69. The Kier molecular flexibility index (Phi) is 4.94. The van der Waals surface area contributed by atoms with Crippen molar-refractivity contribution in [1.29, 1.82) is 0 Å². The van der Waals surface area contributed by atoms with Gasteiger partial charge in [0.1, 0.15) is 5.69 Å². The van der Waals surface area contributed by atoms with Crippen LogP contribution in [0, 0.1) is 0 Å². The number of carboxylic acids is 1. The van der Waals surface area contributed by atoms with Crippen molar-refractivity contribution >= 4 is 5.97 Å². The SMILES string of the molecule is CC(C)c1ccc(-c2n[nH]c(C(=O)O)c2-c2ccc(C(C)C)cc2)cc1. The molecular formula is C22H24N2O2. The van der Waals surface area contributed by atoms with Gasteiger partial charge in [0.15, 0.2) is 5.69 Å². The second kappa shape index (κ2) is 7.16. The molecule has 2 aromatic carbocycles. The number of aromatic amines is 1. The molecule has 4 heteroatoms. The van der Waals surface area contributed by atoms with Gasteiger partial charge in [0.2, 0.25) is 0 Å². The molecule has 0 bridgehead atoms. The molecule has 2 N–H and O–H groups in total. The fourth-order valence-electron chi connectivity index (χ4n) is 3.05. The Hall–Kier alpha value is -2.88. The molecule has 134 valence electrons. The summed E-state index contributed by atoms with van der Waals surface area (Å²) >= 11 is 0. The highest BCUT2D eigenvalue weighted by molar-refractivity contribution is 5.98. The second-order valence-electron chi connectivity index (χ2n) is 7.18. The standard InChI is InChI=1S/C22H24N2O2/c1-13(2)15-5-9-17(10-6-15)19-20(23-24-21(19)22(25)26)18-11-7-16(8-12-18)14(3)4/h5-14H,1-4H3,(H,23,24)(H,25,26). The van der Waals surface area contributed by atoms with E-state index in [4.69, 9.17) is 0 Å². The summed E-state index contributed by atoms with van der Waals surface area (Å²) in [5, 5.41) is 16.6. The molecule has 0 amide bonds. The Bertz CT molecular complexity index is 904. The summed E-state index contributed by atoms with van der Waals surface area (Å²) in [6, 6.07) is 16.2. The fraction of sp³-hybridized carbons (Fsp3) is 0.273. The van der Waals surface area contributed by atoms with E-state index in [1.54, 1.807) is 0 Å². The lowest BCUT2D eigenvalue weighted by molar-refractivity contribution is 0.0691. The lowest BCUT2D eigenvalue weighted by atomic mass is 9.94. The number of carboxylic acid groups (broad SMARTS) is 1. The first-order valence-corrected chi connectivity index (χ1v) is 8.90. The van der Waals surface area contributed by atoms with Gasteiger partial charge in [0.05, 0.1) is 0 Å². The van der Waals surface area contributed by atoms with E-state index in [0.29, 0.717) is 23.1 Å². The first kappa shape index (κ1) is 17.9. The van der Waals surface area contributed by atoms with E-state index < -0.39 is 5.97 Å². The summed E-state index contributed by atoms with van der Waals surface area (Å²) in [6.07, 6.45) is 0. The van der Waals surface area contributed by atoms with E-state index in [1.165, 1.54) is 11.1 Å². The minimum absolute atomic E-state index is 0.116. The molecule has 0 saturated carbocycles. The molecule has 0 saturated heterocycles. The van der Waals surface area contributed by atoms with Crippen LogP contribution in [-0.2, 0) is 0 Å². The molecule has 3 aromatic rings. The molecule has 3 rings (SSSR count). The third kappa shape index (κ3) is 3.40. The number of hydrogen-bond acceptors (Lipinski definition) is 2.